The zero-order valence-corrected chi connectivity index (χ0v) is 11.4. The van der Waals surface area contributed by atoms with Crippen LogP contribution in [0.25, 0.3) is 5.69 Å². The monoisotopic (exact) mass is 268 g/mol. The smallest absolute Gasteiger partial charge is 0.138 e. The number of hydrogen-bond donors (Lipinski definition) is 1. The fourth-order valence-electron chi connectivity index (χ4n) is 2.11. The Morgan fingerprint density at radius 3 is 2.75 bits per heavy atom. The molecule has 0 aliphatic rings. The number of benzene rings is 1. The lowest BCUT2D eigenvalue weighted by atomic mass is 10.1. The lowest BCUT2D eigenvalue weighted by Crippen LogP contribution is -2.09. The van der Waals surface area contributed by atoms with Gasteiger partial charge in [-0.1, -0.05) is 12.1 Å². The minimum absolute atomic E-state index is 0.161. The van der Waals surface area contributed by atoms with Crippen molar-refractivity contribution >= 4 is 5.69 Å². The summed E-state index contributed by atoms with van der Waals surface area (Å²) in [6.07, 6.45) is 7.10. The summed E-state index contributed by atoms with van der Waals surface area (Å²) >= 11 is 0. The maximum absolute atomic E-state index is 4.20. The van der Waals surface area contributed by atoms with Crippen molar-refractivity contribution in [2.24, 2.45) is 7.05 Å². The zero-order chi connectivity index (χ0) is 13.9. The van der Waals surface area contributed by atoms with Crippen molar-refractivity contribution in [2.45, 2.75) is 13.0 Å². The second-order valence-corrected chi connectivity index (χ2v) is 4.67. The summed E-state index contributed by atoms with van der Waals surface area (Å²) in [5, 5.41) is 11.9. The van der Waals surface area contributed by atoms with Crippen molar-refractivity contribution in [3.8, 4) is 5.69 Å². The van der Waals surface area contributed by atoms with Crippen LogP contribution in [-0.4, -0.2) is 24.5 Å². The average Bonchev–Trinajstić information content (AvgIpc) is 3.10. The first kappa shape index (κ1) is 12.4. The summed E-state index contributed by atoms with van der Waals surface area (Å²) in [4.78, 5) is 3.99. The van der Waals surface area contributed by atoms with E-state index in [0.717, 1.165) is 16.9 Å². The Balaban J connectivity index is 1.88. The first-order chi connectivity index (χ1) is 9.74. The van der Waals surface area contributed by atoms with Gasteiger partial charge in [-0.15, -0.1) is 0 Å². The molecule has 2 aromatic heterocycles. The van der Waals surface area contributed by atoms with Crippen molar-refractivity contribution in [3.05, 3.63) is 54.9 Å². The highest BCUT2D eigenvalue weighted by molar-refractivity contribution is 5.61. The highest BCUT2D eigenvalue weighted by atomic mass is 15.3. The summed E-state index contributed by atoms with van der Waals surface area (Å²) < 4.78 is 3.55. The number of para-hydroxylation sites is 2. The van der Waals surface area contributed by atoms with E-state index in [1.807, 2.05) is 43.7 Å². The maximum Gasteiger partial charge on any atom is 0.138 e. The van der Waals surface area contributed by atoms with Gasteiger partial charge in [0, 0.05) is 18.8 Å². The standard InChI is InChI=1S/C14H16N6/c1-11(12-7-16-19(2)8-12)18-13-5-3-4-6-14(13)20-10-15-9-17-20/h3-11,18H,1-2H3. The molecule has 0 spiro atoms. The van der Waals surface area contributed by atoms with Crippen LogP contribution in [0, 0.1) is 0 Å². The molecule has 0 saturated heterocycles. The topological polar surface area (TPSA) is 60.6 Å². The fourth-order valence-corrected chi connectivity index (χ4v) is 2.11. The molecule has 2 heterocycles. The number of anilines is 1. The van der Waals surface area contributed by atoms with Gasteiger partial charge in [0.25, 0.3) is 0 Å². The molecule has 0 radical (unpaired) electrons. The third kappa shape index (κ3) is 2.40. The zero-order valence-electron chi connectivity index (χ0n) is 11.4. The number of aromatic nitrogens is 5. The Morgan fingerprint density at radius 1 is 1.20 bits per heavy atom. The predicted octanol–water partition coefficient (Wildman–Crippen LogP) is 2.17. The maximum atomic E-state index is 4.20. The van der Waals surface area contributed by atoms with Gasteiger partial charge in [0.05, 0.1) is 23.6 Å². The molecule has 6 heteroatoms. The van der Waals surface area contributed by atoms with Crippen molar-refractivity contribution < 1.29 is 0 Å². The number of aryl methyl sites for hydroxylation is 1. The normalized spacial score (nSPS) is 12.3. The van der Waals surface area contributed by atoms with E-state index in [4.69, 9.17) is 0 Å². The van der Waals surface area contributed by atoms with E-state index in [2.05, 4.69) is 27.4 Å². The third-order valence-electron chi connectivity index (χ3n) is 3.17. The van der Waals surface area contributed by atoms with Gasteiger partial charge in [-0.3, -0.25) is 4.68 Å². The van der Waals surface area contributed by atoms with Crippen LogP contribution in [0.2, 0.25) is 0 Å². The second kappa shape index (κ2) is 5.16. The molecule has 102 valence electrons. The van der Waals surface area contributed by atoms with Crippen LogP contribution in [0.5, 0.6) is 0 Å². The Morgan fingerprint density at radius 2 is 2.05 bits per heavy atom. The fraction of sp³-hybridized carbons (Fsp3) is 0.214. The molecule has 0 amide bonds. The van der Waals surface area contributed by atoms with Crippen molar-refractivity contribution in [2.75, 3.05) is 5.32 Å². The van der Waals surface area contributed by atoms with Crippen LogP contribution in [0.3, 0.4) is 0 Å². The number of hydrogen-bond acceptors (Lipinski definition) is 4. The highest BCUT2D eigenvalue weighted by Gasteiger charge is 2.10. The Labute approximate surface area is 117 Å². The van der Waals surface area contributed by atoms with E-state index in [1.165, 1.54) is 6.33 Å². The molecule has 1 aromatic carbocycles. The lowest BCUT2D eigenvalue weighted by Gasteiger charge is -2.16. The summed E-state index contributed by atoms with van der Waals surface area (Å²) in [7, 11) is 1.92. The average molecular weight is 268 g/mol. The number of nitrogens with zero attached hydrogens (tertiary/aromatic N) is 5. The predicted molar refractivity (Wildman–Crippen MR) is 76.6 cm³/mol. The van der Waals surface area contributed by atoms with Gasteiger partial charge >= 0.3 is 0 Å². The molecule has 0 fully saturated rings. The van der Waals surface area contributed by atoms with E-state index in [9.17, 15) is 0 Å². The summed E-state index contributed by atoms with van der Waals surface area (Å²) in [5.41, 5.74) is 3.12. The number of nitrogens with one attached hydrogen (secondary N) is 1. The molecule has 0 bridgehead atoms. The first-order valence-corrected chi connectivity index (χ1v) is 6.43. The van der Waals surface area contributed by atoms with Gasteiger partial charge in [-0.25, -0.2) is 9.67 Å². The molecular formula is C14H16N6. The molecule has 1 unspecified atom stereocenters. The van der Waals surface area contributed by atoms with Crippen LogP contribution in [0.4, 0.5) is 5.69 Å². The SMILES string of the molecule is CC(Nc1ccccc1-n1cncn1)c1cnn(C)c1. The Bertz CT molecular complexity index is 685. The van der Waals surface area contributed by atoms with Crippen molar-refractivity contribution in [1.29, 1.82) is 0 Å². The molecule has 0 saturated carbocycles. The van der Waals surface area contributed by atoms with Gasteiger partial charge in [0.15, 0.2) is 0 Å². The van der Waals surface area contributed by atoms with E-state index >= 15 is 0 Å². The highest BCUT2D eigenvalue weighted by Crippen LogP contribution is 2.24. The van der Waals surface area contributed by atoms with Crippen LogP contribution < -0.4 is 5.32 Å². The van der Waals surface area contributed by atoms with E-state index in [1.54, 1.807) is 15.7 Å². The minimum Gasteiger partial charge on any atom is -0.377 e. The third-order valence-corrected chi connectivity index (χ3v) is 3.17. The Kier molecular flexibility index (Phi) is 3.20. The van der Waals surface area contributed by atoms with E-state index < -0.39 is 0 Å². The first-order valence-electron chi connectivity index (χ1n) is 6.43. The molecule has 1 N–H and O–H groups in total. The van der Waals surface area contributed by atoms with Crippen LogP contribution in [0.15, 0.2) is 49.3 Å². The number of rotatable bonds is 4. The van der Waals surface area contributed by atoms with Crippen LogP contribution >= 0.6 is 0 Å². The molecule has 6 nitrogen and oxygen atoms in total. The van der Waals surface area contributed by atoms with Crippen LogP contribution in [0.1, 0.15) is 18.5 Å². The molecule has 20 heavy (non-hydrogen) atoms. The van der Waals surface area contributed by atoms with Gasteiger partial charge in [-0.05, 0) is 19.1 Å². The van der Waals surface area contributed by atoms with Gasteiger partial charge in [-0.2, -0.15) is 10.2 Å². The molecule has 1 atom stereocenters. The van der Waals surface area contributed by atoms with Crippen LogP contribution in [-0.2, 0) is 7.05 Å². The molecule has 0 aliphatic carbocycles. The molecule has 3 rings (SSSR count). The van der Waals surface area contributed by atoms with Gasteiger partial charge < -0.3 is 5.32 Å². The van der Waals surface area contributed by atoms with E-state index in [-0.39, 0.29) is 6.04 Å². The molecular weight excluding hydrogens is 252 g/mol. The lowest BCUT2D eigenvalue weighted by molar-refractivity contribution is 0.765. The largest absolute Gasteiger partial charge is 0.377 e. The second-order valence-electron chi connectivity index (χ2n) is 4.67. The Hall–Kier alpha value is -2.63. The molecule has 3 aromatic rings. The summed E-state index contributed by atoms with van der Waals surface area (Å²) in [6, 6.07) is 8.18. The summed E-state index contributed by atoms with van der Waals surface area (Å²) in [6.45, 7) is 2.11. The minimum atomic E-state index is 0.161. The molecule has 0 aliphatic heterocycles. The summed E-state index contributed by atoms with van der Waals surface area (Å²) in [5.74, 6) is 0. The van der Waals surface area contributed by atoms with E-state index in [0.29, 0.717) is 0 Å². The van der Waals surface area contributed by atoms with Gasteiger partial charge in [0.2, 0.25) is 0 Å². The van der Waals surface area contributed by atoms with Gasteiger partial charge in [0.1, 0.15) is 12.7 Å². The van der Waals surface area contributed by atoms with Crippen molar-refractivity contribution in [3.63, 3.8) is 0 Å². The quantitative estimate of drug-likeness (QED) is 0.787. The van der Waals surface area contributed by atoms with Crippen molar-refractivity contribution in [1.82, 2.24) is 24.5 Å².